The van der Waals surface area contributed by atoms with Crippen LogP contribution in [0.15, 0.2) is 6.20 Å². The van der Waals surface area contributed by atoms with Crippen LogP contribution in [0, 0.1) is 0 Å². The van der Waals surface area contributed by atoms with Crippen LogP contribution in [-0.4, -0.2) is 38.5 Å². The molecule has 7 heteroatoms. The molecule has 16 heavy (non-hydrogen) atoms. The Morgan fingerprint density at radius 2 is 2.31 bits per heavy atom. The van der Waals surface area contributed by atoms with Crippen LogP contribution in [0.1, 0.15) is 30.3 Å². The van der Waals surface area contributed by atoms with Gasteiger partial charge in [-0.25, -0.2) is 4.68 Å². The average molecular weight is 226 g/mol. The van der Waals surface area contributed by atoms with Gasteiger partial charge in [-0.1, -0.05) is 18.6 Å². The van der Waals surface area contributed by atoms with E-state index in [1.54, 1.807) is 0 Å². The minimum Gasteiger partial charge on any atom is -0.480 e. The van der Waals surface area contributed by atoms with E-state index in [0.29, 0.717) is 6.54 Å². The number of hydrogen-bond acceptors (Lipinski definition) is 4. The highest BCUT2D eigenvalue weighted by molar-refractivity contribution is 5.91. The summed E-state index contributed by atoms with van der Waals surface area (Å²) in [6, 6.07) is 0. The smallest absolute Gasteiger partial charge is 0.325 e. The molecule has 0 atom stereocenters. The van der Waals surface area contributed by atoms with Gasteiger partial charge in [-0.15, -0.1) is 5.10 Å². The number of aromatic nitrogens is 3. The van der Waals surface area contributed by atoms with Crippen molar-refractivity contribution in [3.8, 4) is 0 Å². The lowest BCUT2D eigenvalue weighted by atomic mass is 10.3. The van der Waals surface area contributed by atoms with Gasteiger partial charge >= 0.3 is 5.97 Å². The summed E-state index contributed by atoms with van der Waals surface area (Å²) in [5.74, 6) is -1.35. The van der Waals surface area contributed by atoms with E-state index < -0.39 is 5.97 Å². The summed E-state index contributed by atoms with van der Waals surface area (Å²) in [5.41, 5.74) is 0.136. The van der Waals surface area contributed by atoms with E-state index in [-0.39, 0.29) is 18.1 Å². The van der Waals surface area contributed by atoms with Gasteiger partial charge in [0.15, 0.2) is 5.69 Å². The van der Waals surface area contributed by atoms with Crippen LogP contribution in [0.3, 0.4) is 0 Å². The number of carbonyl (C=O) groups is 2. The lowest BCUT2D eigenvalue weighted by molar-refractivity contribution is -0.137. The van der Waals surface area contributed by atoms with E-state index >= 15 is 0 Å². The van der Waals surface area contributed by atoms with Gasteiger partial charge in [0.05, 0.1) is 6.20 Å². The second kappa shape index (κ2) is 5.84. The predicted octanol–water partition coefficient (Wildman–Crippen LogP) is -0.107. The van der Waals surface area contributed by atoms with Crippen LogP contribution in [0.2, 0.25) is 0 Å². The van der Waals surface area contributed by atoms with Crippen LogP contribution < -0.4 is 5.32 Å². The third kappa shape index (κ3) is 3.68. The maximum absolute atomic E-state index is 11.4. The number of rotatable bonds is 6. The number of amides is 1. The maximum atomic E-state index is 11.4. The molecular weight excluding hydrogens is 212 g/mol. The third-order valence-corrected chi connectivity index (χ3v) is 1.88. The minimum atomic E-state index is -1.03. The largest absolute Gasteiger partial charge is 0.480 e. The van der Waals surface area contributed by atoms with Crippen molar-refractivity contribution >= 4 is 11.9 Å². The van der Waals surface area contributed by atoms with Gasteiger partial charge in [0.2, 0.25) is 0 Å². The van der Waals surface area contributed by atoms with Gasteiger partial charge in [-0.05, 0) is 6.42 Å². The summed E-state index contributed by atoms with van der Waals surface area (Å²) in [6.07, 6.45) is 3.20. The average Bonchev–Trinajstić information content (AvgIpc) is 2.65. The number of unbranched alkanes of at least 4 members (excludes halogenated alkanes) is 1. The van der Waals surface area contributed by atoms with Gasteiger partial charge < -0.3 is 10.4 Å². The topological polar surface area (TPSA) is 97.1 Å². The van der Waals surface area contributed by atoms with Crippen LogP contribution in [-0.2, 0) is 11.3 Å². The summed E-state index contributed by atoms with van der Waals surface area (Å²) >= 11 is 0. The van der Waals surface area contributed by atoms with Crippen LogP contribution in [0.5, 0.6) is 0 Å². The molecular formula is C9H14N4O3. The Balaban J connectivity index is 2.49. The van der Waals surface area contributed by atoms with E-state index in [1.807, 2.05) is 6.92 Å². The molecule has 0 saturated carbocycles. The Morgan fingerprint density at radius 1 is 1.56 bits per heavy atom. The number of nitrogens with zero attached hydrogens (tertiary/aromatic N) is 3. The Bertz CT molecular complexity index is 375. The highest BCUT2D eigenvalue weighted by Gasteiger charge is 2.10. The van der Waals surface area contributed by atoms with Gasteiger partial charge in [0, 0.05) is 6.54 Å². The Kier molecular flexibility index (Phi) is 4.43. The highest BCUT2D eigenvalue weighted by Crippen LogP contribution is 1.93. The zero-order valence-electron chi connectivity index (χ0n) is 9.01. The molecule has 2 N–H and O–H groups in total. The molecule has 0 saturated heterocycles. The first-order valence-electron chi connectivity index (χ1n) is 5.03. The summed E-state index contributed by atoms with van der Waals surface area (Å²) in [4.78, 5) is 21.8. The zero-order valence-corrected chi connectivity index (χ0v) is 9.01. The van der Waals surface area contributed by atoms with Crippen LogP contribution >= 0.6 is 0 Å². The van der Waals surface area contributed by atoms with Crippen molar-refractivity contribution in [1.82, 2.24) is 20.3 Å². The van der Waals surface area contributed by atoms with Crippen LogP contribution in [0.4, 0.5) is 0 Å². The normalized spacial score (nSPS) is 10.1. The van der Waals surface area contributed by atoms with Crippen molar-refractivity contribution in [3.63, 3.8) is 0 Å². The monoisotopic (exact) mass is 226 g/mol. The molecule has 1 aromatic heterocycles. The highest BCUT2D eigenvalue weighted by atomic mass is 16.4. The first kappa shape index (κ1) is 12.2. The predicted molar refractivity (Wildman–Crippen MR) is 54.9 cm³/mol. The van der Waals surface area contributed by atoms with Crippen molar-refractivity contribution < 1.29 is 14.7 Å². The SMILES string of the molecule is CCCCNC(=O)c1cn(CC(=O)O)nn1. The standard InChI is InChI=1S/C9H14N4O3/c1-2-3-4-10-9(16)7-5-13(12-11-7)6-8(14)15/h5H,2-4,6H2,1H3,(H,10,16)(H,14,15). The molecule has 0 bridgehead atoms. The van der Waals surface area contributed by atoms with E-state index in [1.165, 1.54) is 6.20 Å². The molecule has 1 amide bonds. The number of aliphatic carboxylic acids is 1. The molecule has 0 aromatic carbocycles. The molecule has 0 aliphatic heterocycles. The second-order valence-electron chi connectivity index (χ2n) is 3.30. The lowest BCUT2D eigenvalue weighted by Gasteiger charge is -1.99. The Morgan fingerprint density at radius 3 is 2.94 bits per heavy atom. The first-order valence-corrected chi connectivity index (χ1v) is 5.03. The van der Waals surface area contributed by atoms with Crippen molar-refractivity contribution in [2.24, 2.45) is 0 Å². The Hall–Kier alpha value is -1.92. The maximum Gasteiger partial charge on any atom is 0.325 e. The van der Waals surface area contributed by atoms with E-state index in [9.17, 15) is 9.59 Å². The van der Waals surface area contributed by atoms with E-state index in [4.69, 9.17) is 5.11 Å². The van der Waals surface area contributed by atoms with Crippen LogP contribution in [0.25, 0.3) is 0 Å². The molecule has 7 nitrogen and oxygen atoms in total. The molecule has 0 spiro atoms. The number of nitrogens with one attached hydrogen (secondary N) is 1. The summed E-state index contributed by atoms with van der Waals surface area (Å²) in [6.45, 7) is 2.31. The molecule has 0 radical (unpaired) electrons. The van der Waals surface area contributed by atoms with Gasteiger partial charge in [0.1, 0.15) is 6.54 Å². The van der Waals surface area contributed by atoms with E-state index in [2.05, 4.69) is 15.6 Å². The molecule has 1 rings (SSSR count). The molecule has 1 heterocycles. The lowest BCUT2D eigenvalue weighted by Crippen LogP contribution is -2.24. The number of carbonyl (C=O) groups excluding carboxylic acids is 1. The quantitative estimate of drug-likeness (QED) is 0.660. The first-order chi connectivity index (χ1) is 7.63. The molecule has 0 unspecified atom stereocenters. The fraction of sp³-hybridized carbons (Fsp3) is 0.556. The fourth-order valence-corrected chi connectivity index (χ4v) is 1.09. The number of carboxylic acids is 1. The second-order valence-corrected chi connectivity index (χ2v) is 3.30. The van der Waals surface area contributed by atoms with Crippen molar-refractivity contribution in [2.45, 2.75) is 26.3 Å². The summed E-state index contributed by atoms with van der Waals surface area (Å²) in [5, 5.41) is 18.3. The summed E-state index contributed by atoms with van der Waals surface area (Å²) in [7, 11) is 0. The van der Waals surface area contributed by atoms with E-state index in [0.717, 1.165) is 17.5 Å². The third-order valence-electron chi connectivity index (χ3n) is 1.88. The van der Waals surface area contributed by atoms with Gasteiger partial charge in [-0.2, -0.15) is 0 Å². The summed E-state index contributed by atoms with van der Waals surface area (Å²) < 4.78 is 1.11. The number of carboxylic acid groups (broad SMARTS) is 1. The molecule has 88 valence electrons. The Labute approximate surface area is 92.4 Å². The minimum absolute atomic E-state index is 0.136. The van der Waals surface area contributed by atoms with Crippen molar-refractivity contribution in [3.05, 3.63) is 11.9 Å². The number of hydrogen-bond donors (Lipinski definition) is 2. The molecule has 0 aliphatic rings. The van der Waals surface area contributed by atoms with Crippen molar-refractivity contribution in [1.29, 1.82) is 0 Å². The van der Waals surface area contributed by atoms with Gasteiger partial charge in [0.25, 0.3) is 5.91 Å². The molecule has 0 aliphatic carbocycles. The van der Waals surface area contributed by atoms with Gasteiger partial charge in [-0.3, -0.25) is 9.59 Å². The fourth-order valence-electron chi connectivity index (χ4n) is 1.09. The molecule has 0 fully saturated rings. The zero-order chi connectivity index (χ0) is 12.0. The molecule has 1 aromatic rings. The van der Waals surface area contributed by atoms with Crippen molar-refractivity contribution in [2.75, 3.05) is 6.54 Å².